The molecule has 2 aromatic carbocycles. The second-order valence-electron chi connectivity index (χ2n) is 6.29. The Balaban J connectivity index is 1.52. The van der Waals surface area contributed by atoms with Gasteiger partial charge in [0.1, 0.15) is 10.6 Å². The molecule has 5 nitrogen and oxygen atoms in total. The number of carbonyl (C=O) groups excluding carboxylic acids is 1. The normalized spacial score (nSPS) is 11.0. The molecule has 0 spiro atoms. The molecule has 0 saturated carbocycles. The van der Waals surface area contributed by atoms with Crippen molar-refractivity contribution in [2.75, 3.05) is 5.43 Å². The number of amides is 1. The van der Waals surface area contributed by atoms with Crippen LogP contribution in [0.2, 0.25) is 5.02 Å². The number of aromatic nitrogens is 2. The van der Waals surface area contributed by atoms with Crippen LogP contribution in [0, 0.1) is 12.7 Å². The molecular weight excluding hydrogens is 399 g/mol. The maximum atomic E-state index is 13.0. The third-order valence-electron chi connectivity index (χ3n) is 4.24. The van der Waals surface area contributed by atoms with Gasteiger partial charge in [-0.1, -0.05) is 23.7 Å². The van der Waals surface area contributed by atoms with Crippen molar-refractivity contribution in [1.82, 2.24) is 15.2 Å². The average molecular weight is 415 g/mol. The third-order valence-corrected chi connectivity index (χ3v) is 5.64. The summed E-state index contributed by atoms with van der Waals surface area (Å²) in [5.41, 5.74) is 7.96. The molecule has 0 atom stereocenters. The molecule has 8 heteroatoms. The minimum absolute atomic E-state index is 0.261. The monoisotopic (exact) mass is 414 g/mol. The molecule has 0 radical (unpaired) electrons. The summed E-state index contributed by atoms with van der Waals surface area (Å²) in [6.07, 6.45) is 0. The fourth-order valence-electron chi connectivity index (χ4n) is 2.82. The SMILES string of the molecule is Cc1nn(Cc2ccc(Cl)cc2)c2sc(C(=O)NNc3ccc(F)cc3)cc12. The van der Waals surface area contributed by atoms with E-state index in [0.29, 0.717) is 22.1 Å². The maximum absolute atomic E-state index is 13.0. The van der Waals surface area contributed by atoms with E-state index in [2.05, 4.69) is 16.0 Å². The lowest BCUT2D eigenvalue weighted by Crippen LogP contribution is -2.28. The zero-order valence-electron chi connectivity index (χ0n) is 14.9. The molecule has 0 unspecified atom stereocenters. The fourth-order valence-corrected chi connectivity index (χ4v) is 4.00. The van der Waals surface area contributed by atoms with Crippen LogP contribution in [-0.4, -0.2) is 15.7 Å². The first-order chi connectivity index (χ1) is 13.5. The zero-order valence-corrected chi connectivity index (χ0v) is 16.4. The molecule has 0 saturated heterocycles. The van der Waals surface area contributed by atoms with Crippen LogP contribution >= 0.6 is 22.9 Å². The largest absolute Gasteiger partial charge is 0.298 e. The second kappa shape index (κ2) is 7.61. The summed E-state index contributed by atoms with van der Waals surface area (Å²) in [7, 11) is 0. The number of hydrogen-bond acceptors (Lipinski definition) is 4. The van der Waals surface area contributed by atoms with E-state index in [1.807, 2.05) is 41.9 Å². The van der Waals surface area contributed by atoms with E-state index in [1.165, 1.54) is 23.5 Å². The first kappa shape index (κ1) is 18.5. The molecule has 0 aliphatic rings. The smallest absolute Gasteiger partial charge is 0.279 e. The van der Waals surface area contributed by atoms with E-state index in [1.54, 1.807) is 12.1 Å². The van der Waals surface area contributed by atoms with Crippen LogP contribution in [0.1, 0.15) is 20.9 Å². The Bertz CT molecular complexity index is 1140. The summed E-state index contributed by atoms with van der Waals surface area (Å²) in [4.78, 5) is 14.0. The van der Waals surface area contributed by atoms with E-state index >= 15 is 0 Å². The van der Waals surface area contributed by atoms with E-state index in [9.17, 15) is 9.18 Å². The highest BCUT2D eigenvalue weighted by atomic mass is 35.5. The fraction of sp³-hybridized carbons (Fsp3) is 0.100. The van der Waals surface area contributed by atoms with E-state index in [4.69, 9.17) is 11.6 Å². The molecule has 2 aromatic heterocycles. The molecule has 0 aliphatic heterocycles. The number of thiophene rings is 1. The van der Waals surface area contributed by atoms with E-state index < -0.39 is 0 Å². The number of nitrogens with one attached hydrogen (secondary N) is 2. The summed E-state index contributed by atoms with van der Waals surface area (Å²) in [6.45, 7) is 2.52. The Hall–Kier alpha value is -2.90. The quantitative estimate of drug-likeness (QED) is 0.451. The third kappa shape index (κ3) is 3.85. The van der Waals surface area contributed by atoms with Gasteiger partial charge in [0, 0.05) is 10.4 Å². The van der Waals surface area contributed by atoms with Gasteiger partial charge < -0.3 is 0 Å². The number of halogens is 2. The first-order valence-electron chi connectivity index (χ1n) is 8.53. The lowest BCUT2D eigenvalue weighted by atomic mass is 10.2. The minimum Gasteiger partial charge on any atom is -0.298 e. The minimum atomic E-state index is -0.331. The van der Waals surface area contributed by atoms with Crippen LogP contribution in [0.15, 0.2) is 54.6 Å². The number of hydrazine groups is 1. The van der Waals surface area contributed by atoms with Gasteiger partial charge in [-0.2, -0.15) is 5.10 Å². The summed E-state index contributed by atoms with van der Waals surface area (Å²) in [6, 6.07) is 15.2. The van der Waals surface area contributed by atoms with E-state index in [0.717, 1.165) is 21.5 Å². The summed E-state index contributed by atoms with van der Waals surface area (Å²) in [5.74, 6) is -0.593. The number of hydrogen-bond donors (Lipinski definition) is 2. The standard InChI is InChI=1S/C20H16ClFN4OS/c1-12-17-10-18(19(27)24-23-16-8-6-15(22)7-9-16)28-20(17)26(25-12)11-13-2-4-14(21)5-3-13/h2-10,23H,11H2,1H3,(H,24,27). The van der Waals surface area contributed by atoms with Crippen LogP contribution in [0.5, 0.6) is 0 Å². The Labute approximate surface area is 169 Å². The summed E-state index contributed by atoms with van der Waals surface area (Å²) >= 11 is 7.32. The Morgan fingerprint density at radius 1 is 1.18 bits per heavy atom. The summed E-state index contributed by atoms with van der Waals surface area (Å²) in [5, 5.41) is 6.22. The van der Waals surface area contributed by atoms with Crippen molar-refractivity contribution in [2.24, 2.45) is 0 Å². The Kier molecular flexibility index (Phi) is 5.02. The van der Waals surface area contributed by atoms with Crippen molar-refractivity contribution in [3.63, 3.8) is 0 Å². The molecule has 1 amide bonds. The first-order valence-corrected chi connectivity index (χ1v) is 9.72. The van der Waals surface area contributed by atoms with Gasteiger partial charge >= 0.3 is 0 Å². The Morgan fingerprint density at radius 2 is 1.89 bits per heavy atom. The van der Waals surface area contributed by atoms with Gasteiger partial charge in [-0.05, 0) is 55.0 Å². The highest BCUT2D eigenvalue weighted by molar-refractivity contribution is 7.20. The molecule has 28 heavy (non-hydrogen) atoms. The van der Waals surface area contributed by atoms with Gasteiger partial charge in [0.15, 0.2) is 0 Å². The van der Waals surface area contributed by atoms with Crippen LogP contribution in [0.3, 0.4) is 0 Å². The molecule has 4 rings (SSSR count). The van der Waals surface area contributed by atoms with Gasteiger partial charge in [-0.3, -0.25) is 20.3 Å². The molecule has 2 heterocycles. The molecule has 2 N–H and O–H groups in total. The van der Waals surface area contributed by atoms with Crippen LogP contribution in [-0.2, 0) is 6.54 Å². The second-order valence-corrected chi connectivity index (χ2v) is 7.75. The number of nitrogens with zero attached hydrogens (tertiary/aromatic N) is 2. The molecule has 142 valence electrons. The van der Waals surface area contributed by atoms with Crippen LogP contribution in [0.4, 0.5) is 10.1 Å². The van der Waals surface area contributed by atoms with Crippen molar-refractivity contribution in [3.05, 3.63) is 81.6 Å². The van der Waals surface area contributed by atoms with Gasteiger partial charge in [0.05, 0.1) is 22.8 Å². The van der Waals surface area contributed by atoms with Crippen LogP contribution in [0.25, 0.3) is 10.2 Å². The average Bonchev–Trinajstić information content (AvgIpc) is 3.24. The number of rotatable bonds is 5. The summed E-state index contributed by atoms with van der Waals surface area (Å²) < 4.78 is 14.8. The van der Waals surface area contributed by atoms with E-state index in [-0.39, 0.29) is 11.7 Å². The van der Waals surface area contributed by atoms with Crippen LogP contribution < -0.4 is 10.9 Å². The van der Waals surface area contributed by atoms with Gasteiger partial charge in [-0.25, -0.2) is 4.39 Å². The molecule has 0 aliphatic carbocycles. The van der Waals surface area contributed by atoms with Gasteiger partial charge in [-0.15, -0.1) is 11.3 Å². The number of fused-ring (bicyclic) bond motifs is 1. The molecule has 4 aromatic rings. The van der Waals surface area contributed by atoms with Crippen molar-refractivity contribution >= 4 is 44.7 Å². The Morgan fingerprint density at radius 3 is 2.61 bits per heavy atom. The predicted molar refractivity (Wildman–Crippen MR) is 110 cm³/mol. The van der Waals surface area contributed by atoms with Crippen molar-refractivity contribution in [2.45, 2.75) is 13.5 Å². The predicted octanol–water partition coefficient (Wildman–Crippen LogP) is 5.00. The van der Waals surface area contributed by atoms with Crippen molar-refractivity contribution in [3.8, 4) is 0 Å². The highest BCUT2D eigenvalue weighted by Crippen LogP contribution is 2.29. The van der Waals surface area contributed by atoms with Crippen molar-refractivity contribution < 1.29 is 9.18 Å². The topological polar surface area (TPSA) is 59.0 Å². The number of aryl methyl sites for hydroxylation is 1. The number of anilines is 1. The maximum Gasteiger partial charge on any atom is 0.279 e. The molecule has 0 bridgehead atoms. The molecular formula is C20H16ClFN4OS. The van der Waals surface area contributed by atoms with Gasteiger partial charge in [0.2, 0.25) is 0 Å². The number of benzene rings is 2. The molecule has 0 fully saturated rings. The lowest BCUT2D eigenvalue weighted by Gasteiger charge is -2.07. The highest BCUT2D eigenvalue weighted by Gasteiger charge is 2.16. The lowest BCUT2D eigenvalue weighted by molar-refractivity contribution is 0.0966. The van der Waals surface area contributed by atoms with Gasteiger partial charge in [0.25, 0.3) is 5.91 Å². The van der Waals surface area contributed by atoms with Crippen molar-refractivity contribution in [1.29, 1.82) is 0 Å². The zero-order chi connectivity index (χ0) is 19.7. The number of carbonyl (C=O) groups is 1.